The molecule has 2 aliphatic heterocycles. The van der Waals surface area contributed by atoms with Crippen molar-refractivity contribution in [3.63, 3.8) is 0 Å². The van der Waals surface area contributed by atoms with Crippen molar-refractivity contribution >= 4 is 35.1 Å². The zero-order chi connectivity index (χ0) is 23.6. The molecule has 1 unspecified atom stereocenters. The average molecular weight is 444 g/mol. The molecule has 0 saturated carbocycles. The van der Waals surface area contributed by atoms with Gasteiger partial charge in [-0.25, -0.2) is 9.38 Å². The van der Waals surface area contributed by atoms with E-state index in [-0.39, 0.29) is 24.7 Å². The number of carbonyl (C=O) groups is 5. The fourth-order valence-electron chi connectivity index (χ4n) is 3.75. The topological polar surface area (TPSA) is 116 Å². The third kappa shape index (κ3) is 4.58. The summed E-state index contributed by atoms with van der Waals surface area (Å²) in [6, 6.07) is 2.69. The summed E-state index contributed by atoms with van der Waals surface area (Å²) in [6.07, 6.45) is 1.39. The highest BCUT2D eigenvalue weighted by Crippen LogP contribution is 2.25. The third-order valence-electron chi connectivity index (χ3n) is 5.55. The Hall–Kier alpha value is -3.43. The van der Waals surface area contributed by atoms with Crippen LogP contribution >= 0.6 is 0 Å². The van der Waals surface area contributed by atoms with Crippen LogP contribution in [0.3, 0.4) is 0 Å². The average Bonchev–Trinajstić information content (AvgIpc) is 2.98. The molecule has 9 nitrogen and oxygen atoms in total. The van der Waals surface area contributed by atoms with Gasteiger partial charge in [-0.1, -0.05) is 18.6 Å². The van der Waals surface area contributed by atoms with Crippen molar-refractivity contribution in [1.82, 2.24) is 15.1 Å². The molecule has 32 heavy (non-hydrogen) atoms. The Morgan fingerprint density at radius 3 is 2.59 bits per heavy atom. The lowest BCUT2D eigenvalue weighted by molar-refractivity contribution is -0.146. The maximum Gasteiger partial charge on any atom is 0.298 e. The van der Waals surface area contributed by atoms with Gasteiger partial charge in [0.25, 0.3) is 23.5 Å². The Kier molecular flexibility index (Phi) is 6.81. The molecule has 170 valence electrons. The molecule has 0 aromatic heterocycles. The fraction of sp³-hybridized carbons (Fsp3) is 0.455. The van der Waals surface area contributed by atoms with E-state index in [0.717, 1.165) is 9.80 Å². The molecule has 1 fully saturated rings. The minimum Gasteiger partial charge on any atom is -0.350 e. The molecular formula is C22H25FN4O5. The molecule has 2 aliphatic rings. The second kappa shape index (κ2) is 9.37. The van der Waals surface area contributed by atoms with E-state index in [1.54, 1.807) is 13.0 Å². The lowest BCUT2D eigenvalue weighted by Crippen LogP contribution is -2.56. The highest BCUT2D eigenvalue weighted by atomic mass is 19.1. The number of ketones is 2. The predicted molar refractivity (Wildman–Crippen MR) is 112 cm³/mol. The Balaban J connectivity index is 1.86. The summed E-state index contributed by atoms with van der Waals surface area (Å²) in [6.45, 7) is 1.78. The zero-order valence-corrected chi connectivity index (χ0v) is 18.2. The number of fused-ring (bicyclic) bond motifs is 1. The first-order valence-electron chi connectivity index (χ1n) is 10.3. The van der Waals surface area contributed by atoms with Gasteiger partial charge in [0.2, 0.25) is 5.78 Å². The molecule has 2 heterocycles. The Bertz CT molecular complexity index is 1020. The first-order chi connectivity index (χ1) is 15.1. The Labute approximate surface area is 184 Å². The highest BCUT2D eigenvalue weighted by molar-refractivity contribution is 6.48. The first-order valence-corrected chi connectivity index (χ1v) is 10.3. The molecule has 1 aromatic carbocycles. The molecule has 1 saturated heterocycles. The van der Waals surface area contributed by atoms with Gasteiger partial charge in [-0.05, 0) is 37.0 Å². The standard InChI is InChI=1S/C22H25FN4O5/c1-12-10-13(7-8-15(12)23)11-24-20(30)16-18(29)22(32)27-9-5-4-6-14(19(27)25-16)17(28)21(31)26(2)3/h7-8,10,14,16H,4-6,9,11H2,1-3H3,(H,24,30)/t14-,16?/m1/s1. The highest BCUT2D eigenvalue weighted by Gasteiger charge is 2.46. The van der Waals surface area contributed by atoms with Crippen LogP contribution in [0.15, 0.2) is 23.2 Å². The maximum atomic E-state index is 13.4. The van der Waals surface area contributed by atoms with Gasteiger partial charge in [-0.3, -0.25) is 28.9 Å². The van der Waals surface area contributed by atoms with E-state index in [2.05, 4.69) is 10.3 Å². The van der Waals surface area contributed by atoms with Crippen molar-refractivity contribution in [2.45, 2.75) is 38.8 Å². The second-order valence-electron chi connectivity index (χ2n) is 8.12. The summed E-state index contributed by atoms with van der Waals surface area (Å²) < 4.78 is 13.4. The van der Waals surface area contributed by atoms with Gasteiger partial charge >= 0.3 is 0 Å². The number of hydrogen-bond donors (Lipinski definition) is 1. The van der Waals surface area contributed by atoms with Gasteiger partial charge in [0.05, 0.1) is 5.92 Å². The summed E-state index contributed by atoms with van der Waals surface area (Å²) in [5.41, 5.74) is 1.02. The summed E-state index contributed by atoms with van der Waals surface area (Å²) in [4.78, 5) is 69.5. The normalized spacial score (nSPS) is 20.8. The molecular weight excluding hydrogens is 419 g/mol. The smallest absolute Gasteiger partial charge is 0.298 e. The predicted octanol–water partition coefficient (Wildman–Crippen LogP) is 0.386. The summed E-state index contributed by atoms with van der Waals surface area (Å²) in [5.74, 6) is -5.56. The van der Waals surface area contributed by atoms with E-state index >= 15 is 0 Å². The molecule has 0 bridgehead atoms. The molecule has 1 aromatic rings. The van der Waals surface area contributed by atoms with Crippen LogP contribution in [0.25, 0.3) is 0 Å². The number of nitrogens with one attached hydrogen (secondary N) is 1. The summed E-state index contributed by atoms with van der Waals surface area (Å²) >= 11 is 0. The molecule has 3 amide bonds. The zero-order valence-electron chi connectivity index (χ0n) is 18.2. The van der Waals surface area contributed by atoms with E-state index in [1.807, 2.05) is 0 Å². The number of hydrogen-bond acceptors (Lipinski definition) is 6. The van der Waals surface area contributed by atoms with Crippen LogP contribution in [0.1, 0.15) is 30.4 Å². The van der Waals surface area contributed by atoms with Crippen LogP contribution in [-0.4, -0.2) is 71.6 Å². The van der Waals surface area contributed by atoms with Gasteiger partial charge in [0.15, 0.2) is 6.04 Å². The molecule has 2 atom stereocenters. The third-order valence-corrected chi connectivity index (χ3v) is 5.55. The van der Waals surface area contributed by atoms with E-state index in [0.29, 0.717) is 30.4 Å². The van der Waals surface area contributed by atoms with Crippen LogP contribution < -0.4 is 5.32 Å². The number of amides is 3. The van der Waals surface area contributed by atoms with Crippen LogP contribution in [0.4, 0.5) is 4.39 Å². The summed E-state index contributed by atoms with van der Waals surface area (Å²) in [5, 5.41) is 2.54. The van der Waals surface area contributed by atoms with E-state index in [9.17, 15) is 28.4 Å². The number of halogens is 1. The first kappa shape index (κ1) is 23.2. The number of benzene rings is 1. The van der Waals surface area contributed by atoms with Gasteiger partial charge in [0.1, 0.15) is 11.7 Å². The number of carbonyl (C=O) groups excluding carboxylic acids is 5. The number of rotatable bonds is 5. The van der Waals surface area contributed by atoms with Crippen LogP contribution in [0.2, 0.25) is 0 Å². The van der Waals surface area contributed by atoms with Crippen LogP contribution in [0, 0.1) is 18.7 Å². The van der Waals surface area contributed by atoms with Gasteiger partial charge in [-0.15, -0.1) is 0 Å². The van der Waals surface area contributed by atoms with Crippen molar-refractivity contribution in [3.05, 3.63) is 35.1 Å². The van der Waals surface area contributed by atoms with E-state index in [1.165, 1.54) is 26.2 Å². The number of aryl methyl sites for hydroxylation is 1. The van der Waals surface area contributed by atoms with E-state index in [4.69, 9.17) is 0 Å². The lowest BCUT2D eigenvalue weighted by Gasteiger charge is -2.31. The van der Waals surface area contributed by atoms with Crippen molar-refractivity contribution in [3.8, 4) is 0 Å². The number of likely N-dealkylation sites (N-methyl/N-ethyl adjacent to an activating group) is 1. The molecule has 0 radical (unpaired) electrons. The molecule has 0 spiro atoms. The number of amidine groups is 1. The summed E-state index contributed by atoms with van der Waals surface area (Å²) in [7, 11) is 2.89. The Morgan fingerprint density at radius 2 is 1.94 bits per heavy atom. The maximum absolute atomic E-state index is 13.4. The number of nitrogens with zero attached hydrogens (tertiary/aromatic N) is 3. The monoisotopic (exact) mass is 444 g/mol. The fourth-order valence-corrected chi connectivity index (χ4v) is 3.75. The van der Waals surface area contributed by atoms with Crippen molar-refractivity contribution in [2.24, 2.45) is 10.9 Å². The molecule has 3 rings (SSSR count). The molecule has 10 heteroatoms. The Morgan fingerprint density at radius 1 is 1.22 bits per heavy atom. The number of Topliss-reactive ketones (excluding diaryl/α,β-unsaturated/α-hetero) is 2. The van der Waals surface area contributed by atoms with Crippen molar-refractivity contribution < 1.29 is 28.4 Å². The minimum atomic E-state index is -1.64. The van der Waals surface area contributed by atoms with Crippen LogP contribution in [0.5, 0.6) is 0 Å². The van der Waals surface area contributed by atoms with E-state index < -0.39 is 41.2 Å². The van der Waals surface area contributed by atoms with Gasteiger partial charge < -0.3 is 10.2 Å². The van der Waals surface area contributed by atoms with Crippen LogP contribution in [-0.2, 0) is 30.5 Å². The lowest BCUT2D eigenvalue weighted by atomic mass is 9.94. The SMILES string of the molecule is Cc1cc(CNC(=O)C2N=C3[C@@H](C(=O)C(=O)N(C)C)CCCCN3C(=O)C2=O)ccc1F. The van der Waals surface area contributed by atoms with Gasteiger partial charge in [-0.2, -0.15) is 0 Å². The molecule has 1 N–H and O–H groups in total. The largest absolute Gasteiger partial charge is 0.350 e. The second-order valence-corrected chi connectivity index (χ2v) is 8.12. The van der Waals surface area contributed by atoms with Gasteiger partial charge in [0, 0.05) is 27.2 Å². The van der Waals surface area contributed by atoms with Crippen molar-refractivity contribution in [2.75, 3.05) is 20.6 Å². The van der Waals surface area contributed by atoms with Crippen molar-refractivity contribution in [1.29, 1.82) is 0 Å². The number of aliphatic imine (C=N–C) groups is 1. The quantitative estimate of drug-likeness (QED) is 0.521. The minimum absolute atomic E-state index is 0.00790. The molecule has 0 aliphatic carbocycles.